The molecule has 6 heteroatoms. The molecule has 1 unspecified atom stereocenters. The Morgan fingerprint density at radius 1 is 1.35 bits per heavy atom. The van der Waals surface area contributed by atoms with Crippen LogP contribution in [0.15, 0.2) is 23.8 Å². The number of carbonyl (C=O) groups is 2. The summed E-state index contributed by atoms with van der Waals surface area (Å²) < 4.78 is 5.11. The average Bonchev–Trinajstić information content (AvgIpc) is 2.40. The van der Waals surface area contributed by atoms with Crippen molar-refractivity contribution in [1.29, 1.82) is 0 Å². The van der Waals surface area contributed by atoms with Gasteiger partial charge in [-0.05, 0) is 24.3 Å². The highest BCUT2D eigenvalue weighted by molar-refractivity contribution is 5.98. The van der Waals surface area contributed by atoms with Gasteiger partial charge < -0.3 is 19.8 Å². The summed E-state index contributed by atoms with van der Waals surface area (Å²) in [5.41, 5.74) is 1.54. The Bertz CT molecular complexity index is 593. The molecule has 0 aromatic heterocycles. The van der Waals surface area contributed by atoms with Crippen molar-refractivity contribution in [2.45, 2.75) is 12.5 Å². The van der Waals surface area contributed by atoms with E-state index in [2.05, 4.69) is 0 Å². The summed E-state index contributed by atoms with van der Waals surface area (Å²) in [6, 6.07) is 4.59. The number of likely N-dealkylation sites (N-methyl/N-ethyl adjacent to an activating group) is 1. The van der Waals surface area contributed by atoms with Crippen LogP contribution in [-0.4, -0.2) is 42.4 Å². The molecule has 6 nitrogen and oxygen atoms in total. The summed E-state index contributed by atoms with van der Waals surface area (Å²) in [5, 5.41) is 18.2. The zero-order valence-corrected chi connectivity index (χ0v) is 11.2. The number of methoxy groups -OCH3 is 1. The van der Waals surface area contributed by atoms with E-state index in [9.17, 15) is 14.7 Å². The molecule has 0 radical (unpaired) electrons. The highest BCUT2D eigenvalue weighted by atomic mass is 16.5. The van der Waals surface area contributed by atoms with Crippen LogP contribution in [-0.2, 0) is 9.59 Å². The van der Waals surface area contributed by atoms with Crippen molar-refractivity contribution in [2.24, 2.45) is 0 Å². The molecule has 106 valence electrons. The van der Waals surface area contributed by atoms with E-state index < -0.39 is 18.0 Å². The van der Waals surface area contributed by atoms with Gasteiger partial charge in [0, 0.05) is 18.3 Å². The van der Waals surface area contributed by atoms with Crippen LogP contribution in [0.3, 0.4) is 0 Å². The molecule has 0 amide bonds. The Balaban J connectivity index is 2.52. The van der Waals surface area contributed by atoms with Crippen molar-refractivity contribution in [3.63, 3.8) is 0 Å². The third-order valence-electron chi connectivity index (χ3n) is 3.37. The Kier molecular flexibility index (Phi) is 3.65. The van der Waals surface area contributed by atoms with Gasteiger partial charge in [0.15, 0.2) is 0 Å². The van der Waals surface area contributed by atoms with Crippen molar-refractivity contribution in [3.8, 4) is 5.75 Å². The number of nitrogens with zero attached hydrogens (tertiary/aromatic N) is 1. The summed E-state index contributed by atoms with van der Waals surface area (Å²) in [5.74, 6) is -1.53. The predicted molar refractivity (Wildman–Crippen MR) is 73.1 cm³/mol. The molecule has 0 aliphatic carbocycles. The van der Waals surface area contributed by atoms with Crippen molar-refractivity contribution in [3.05, 3.63) is 29.3 Å². The molecule has 1 aliphatic heterocycles. The Hall–Kier alpha value is -2.50. The fourth-order valence-corrected chi connectivity index (χ4v) is 2.35. The van der Waals surface area contributed by atoms with E-state index in [0.717, 1.165) is 5.69 Å². The average molecular weight is 277 g/mol. The fraction of sp³-hybridized carbons (Fsp3) is 0.286. The smallest absolute Gasteiger partial charge is 0.333 e. The second-order valence-electron chi connectivity index (χ2n) is 4.55. The monoisotopic (exact) mass is 277 g/mol. The minimum Gasteiger partial charge on any atom is -0.497 e. The molecule has 0 saturated carbocycles. The number of hydrogen-bond donors (Lipinski definition) is 2. The molecular weight excluding hydrogens is 262 g/mol. The van der Waals surface area contributed by atoms with Gasteiger partial charge in [0.2, 0.25) is 0 Å². The third-order valence-corrected chi connectivity index (χ3v) is 3.37. The van der Waals surface area contributed by atoms with Gasteiger partial charge >= 0.3 is 11.9 Å². The number of anilines is 1. The lowest BCUT2D eigenvalue weighted by atomic mass is 9.93. The van der Waals surface area contributed by atoms with Crippen LogP contribution in [0.5, 0.6) is 5.75 Å². The second kappa shape index (κ2) is 5.24. The van der Waals surface area contributed by atoms with E-state index in [0.29, 0.717) is 11.3 Å². The van der Waals surface area contributed by atoms with E-state index in [1.165, 1.54) is 13.2 Å². The fourth-order valence-electron chi connectivity index (χ4n) is 2.35. The standard InChI is InChI=1S/C14H15NO5/c1-15-11-4-3-9(20-2)5-8(11)6-10(14(18)19)12(15)7-13(16)17/h3-6,12H,7H2,1-2H3,(H,16,17)(H,18,19). The molecule has 0 spiro atoms. The van der Waals surface area contributed by atoms with Gasteiger partial charge in [-0.1, -0.05) is 0 Å². The van der Waals surface area contributed by atoms with Gasteiger partial charge in [0.1, 0.15) is 5.75 Å². The molecule has 1 aliphatic rings. The first-order valence-corrected chi connectivity index (χ1v) is 6.01. The van der Waals surface area contributed by atoms with E-state index >= 15 is 0 Å². The molecule has 2 rings (SSSR count). The zero-order valence-electron chi connectivity index (χ0n) is 11.2. The largest absolute Gasteiger partial charge is 0.497 e. The normalized spacial score (nSPS) is 17.2. The van der Waals surface area contributed by atoms with Crippen LogP contribution in [0.2, 0.25) is 0 Å². The number of carboxylic acid groups (broad SMARTS) is 2. The molecule has 20 heavy (non-hydrogen) atoms. The first-order chi connectivity index (χ1) is 9.43. The highest BCUT2D eigenvalue weighted by Crippen LogP contribution is 2.35. The first kappa shape index (κ1) is 13.9. The molecule has 0 bridgehead atoms. The number of hydrogen-bond acceptors (Lipinski definition) is 4. The maximum absolute atomic E-state index is 11.3. The molecule has 1 aromatic rings. The molecule has 1 aromatic carbocycles. The summed E-state index contributed by atoms with van der Waals surface area (Å²) >= 11 is 0. The maximum Gasteiger partial charge on any atom is 0.333 e. The Morgan fingerprint density at radius 2 is 2.05 bits per heavy atom. The van der Waals surface area contributed by atoms with Crippen molar-refractivity contribution in [1.82, 2.24) is 0 Å². The van der Waals surface area contributed by atoms with Gasteiger partial charge in [-0.3, -0.25) is 4.79 Å². The van der Waals surface area contributed by atoms with E-state index in [4.69, 9.17) is 9.84 Å². The lowest BCUT2D eigenvalue weighted by Crippen LogP contribution is -2.40. The molecule has 1 atom stereocenters. The van der Waals surface area contributed by atoms with Gasteiger partial charge in [-0.25, -0.2) is 4.79 Å². The topological polar surface area (TPSA) is 87.1 Å². The summed E-state index contributed by atoms with van der Waals surface area (Å²) in [7, 11) is 3.22. The highest BCUT2D eigenvalue weighted by Gasteiger charge is 2.31. The van der Waals surface area contributed by atoms with Crippen molar-refractivity contribution >= 4 is 23.7 Å². The van der Waals surface area contributed by atoms with Crippen LogP contribution in [0.25, 0.3) is 6.08 Å². The van der Waals surface area contributed by atoms with E-state index in [1.54, 1.807) is 30.1 Å². The van der Waals surface area contributed by atoms with Gasteiger partial charge in [0.05, 0.1) is 25.1 Å². The Labute approximate surface area is 115 Å². The first-order valence-electron chi connectivity index (χ1n) is 6.01. The quantitative estimate of drug-likeness (QED) is 0.866. The number of ether oxygens (including phenoxy) is 1. The molecule has 0 saturated heterocycles. The lowest BCUT2D eigenvalue weighted by molar-refractivity contribution is -0.137. The minimum absolute atomic E-state index is 0.0654. The van der Waals surface area contributed by atoms with Gasteiger partial charge in [0.25, 0.3) is 0 Å². The van der Waals surface area contributed by atoms with Crippen molar-refractivity contribution < 1.29 is 24.5 Å². The number of rotatable bonds is 4. The number of carboxylic acids is 2. The molecule has 1 heterocycles. The molecular formula is C14H15NO5. The lowest BCUT2D eigenvalue weighted by Gasteiger charge is -2.34. The van der Waals surface area contributed by atoms with Gasteiger partial charge in [-0.15, -0.1) is 0 Å². The number of aliphatic carboxylic acids is 2. The maximum atomic E-state index is 11.3. The van der Waals surface area contributed by atoms with Crippen LogP contribution >= 0.6 is 0 Å². The summed E-state index contributed by atoms with van der Waals surface area (Å²) in [6.07, 6.45) is 1.24. The van der Waals surface area contributed by atoms with Crippen LogP contribution < -0.4 is 9.64 Å². The minimum atomic E-state index is -1.11. The predicted octanol–water partition coefficient (Wildman–Crippen LogP) is 1.46. The van der Waals surface area contributed by atoms with E-state index in [-0.39, 0.29) is 12.0 Å². The van der Waals surface area contributed by atoms with Gasteiger partial charge in [-0.2, -0.15) is 0 Å². The Morgan fingerprint density at radius 3 is 2.60 bits per heavy atom. The zero-order chi connectivity index (χ0) is 14.9. The molecule has 0 fully saturated rings. The van der Waals surface area contributed by atoms with Crippen LogP contribution in [0.4, 0.5) is 5.69 Å². The SMILES string of the molecule is COc1ccc2c(c1)C=C(C(=O)O)C(CC(=O)O)N2C. The van der Waals surface area contributed by atoms with Crippen LogP contribution in [0.1, 0.15) is 12.0 Å². The third kappa shape index (κ3) is 2.45. The molecule has 2 N–H and O–H groups in total. The second-order valence-corrected chi connectivity index (χ2v) is 4.55. The van der Waals surface area contributed by atoms with Crippen molar-refractivity contribution in [2.75, 3.05) is 19.1 Å². The van der Waals surface area contributed by atoms with Crippen LogP contribution in [0, 0.1) is 0 Å². The summed E-state index contributed by atoms with van der Waals surface area (Å²) in [4.78, 5) is 23.9. The number of fused-ring (bicyclic) bond motifs is 1. The summed E-state index contributed by atoms with van der Waals surface area (Å²) in [6.45, 7) is 0. The van der Waals surface area contributed by atoms with E-state index in [1.807, 2.05) is 0 Å². The number of benzene rings is 1.